The molecule has 0 aliphatic rings. The maximum Gasteiger partial charge on any atom is 0.0541 e. The van der Waals surface area contributed by atoms with Crippen molar-refractivity contribution in [2.24, 2.45) is 0 Å². The Balaban J connectivity index is 0.824. The summed E-state index contributed by atoms with van der Waals surface area (Å²) in [5.41, 5.74) is 15.3. The number of hydrogen-bond donors (Lipinski definition) is 0. The second-order valence-corrected chi connectivity index (χ2v) is 18.3. The van der Waals surface area contributed by atoms with Crippen molar-refractivity contribution in [3.05, 3.63) is 247 Å². The Morgan fingerprint density at radius 3 is 1.70 bits per heavy atom. The molecule has 2 heterocycles. The highest BCUT2D eigenvalue weighted by molar-refractivity contribution is 7.25. The third-order valence-corrected chi connectivity index (χ3v) is 14.5. The number of aromatic nitrogens is 1. The standard InChI is InChI=1S/C62H45NS/c1-2-11-44(12-3-1)46-31-33-47(34-32-46)45-28-24-43(25-29-45)39-50(52-36-38-62-57(41-52)55-17-7-9-20-61(55)64-62)30-23-42-21-26-48(27-22-42)51-35-37-60-56(40-51)54-16-6-8-18-59(54)63(60)58-19-10-14-49-13-4-5-15-53(49)58/h1-22,24-29,31-38,40-41,50H,23,30,39H2. The Kier molecular flexibility index (Phi) is 9.73. The Labute approximate surface area is 378 Å². The molecular formula is C62H45NS. The van der Waals surface area contributed by atoms with E-state index in [4.69, 9.17) is 0 Å². The molecule has 0 amide bonds. The summed E-state index contributed by atoms with van der Waals surface area (Å²) in [6.07, 6.45) is 3.07. The van der Waals surface area contributed by atoms with Gasteiger partial charge in [-0.25, -0.2) is 0 Å². The maximum absolute atomic E-state index is 2.48. The van der Waals surface area contributed by atoms with E-state index in [0.29, 0.717) is 5.92 Å². The van der Waals surface area contributed by atoms with Crippen LogP contribution in [0.1, 0.15) is 29.0 Å². The molecule has 1 atom stereocenters. The van der Waals surface area contributed by atoms with Crippen molar-refractivity contribution in [3.63, 3.8) is 0 Å². The second-order valence-electron chi connectivity index (χ2n) is 17.2. The summed E-state index contributed by atoms with van der Waals surface area (Å²) < 4.78 is 5.15. The van der Waals surface area contributed by atoms with Gasteiger partial charge in [-0.3, -0.25) is 0 Å². The van der Waals surface area contributed by atoms with Crippen molar-refractivity contribution in [1.29, 1.82) is 0 Å². The number of thiophene rings is 1. The normalized spacial score (nSPS) is 12.2. The molecule has 12 aromatic rings. The monoisotopic (exact) mass is 835 g/mol. The predicted octanol–water partition coefficient (Wildman–Crippen LogP) is 17.3. The molecule has 64 heavy (non-hydrogen) atoms. The Bertz CT molecular complexity index is 3610. The van der Waals surface area contributed by atoms with Crippen LogP contribution in [0.3, 0.4) is 0 Å². The average Bonchev–Trinajstić information content (AvgIpc) is 3.91. The van der Waals surface area contributed by atoms with Crippen molar-refractivity contribution in [1.82, 2.24) is 4.57 Å². The fraction of sp³-hybridized carbons (Fsp3) is 0.0645. The van der Waals surface area contributed by atoms with E-state index in [1.54, 1.807) is 0 Å². The van der Waals surface area contributed by atoms with Crippen LogP contribution in [0.5, 0.6) is 0 Å². The van der Waals surface area contributed by atoms with E-state index >= 15 is 0 Å². The minimum absolute atomic E-state index is 0.375. The number of hydrogen-bond acceptors (Lipinski definition) is 1. The Morgan fingerprint density at radius 2 is 0.922 bits per heavy atom. The highest BCUT2D eigenvalue weighted by Crippen LogP contribution is 2.39. The molecule has 10 aromatic carbocycles. The van der Waals surface area contributed by atoms with Crippen molar-refractivity contribution >= 4 is 64.1 Å². The molecule has 0 fully saturated rings. The first kappa shape index (κ1) is 38.2. The molecule has 0 aliphatic carbocycles. The van der Waals surface area contributed by atoms with Crippen LogP contribution in [0.25, 0.3) is 91.8 Å². The summed E-state index contributed by atoms with van der Waals surface area (Å²) in [5, 5.41) is 7.79. The number of nitrogens with zero attached hydrogens (tertiary/aromatic N) is 1. The van der Waals surface area contributed by atoms with Gasteiger partial charge in [0.05, 0.1) is 16.7 Å². The SMILES string of the molecule is c1ccc(-c2ccc(-c3ccc(CC(CCc4ccc(-c5ccc6c(c5)c5ccccc5n6-c5cccc6ccccc56)cc4)c4ccc5sc6ccccc6c5c4)cc3)cc2)cc1. The van der Waals surface area contributed by atoms with E-state index < -0.39 is 0 Å². The van der Waals surface area contributed by atoms with Gasteiger partial charge in [-0.1, -0.05) is 188 Å². The van der Waals surface area contributed by atoms with Crippen molar-refractivity contribution in [2.45, 2.75) is 25.2 Å². The third-order valence-electron chi connectivity index (χ3n) is 13.4. The summed E-state index contributed by atoms with van der Waals surface area (Å²) in [7, 11) is 0. The molecule has 1 nitrogen and oxygen atoms in total. The van der Waals surface area contributed by atoms with E-state index in [1.165, 1.54) is 109 Å². The minimum Gasteiger partial charge on any atom is -0.309 e. The summed E-state index contributed by atoms with van der Waals surface area (Å²) in [6, 6.07) is 85.4. The lowest BCUT2D eigenvalue weighted by molar-refractivity contribution is 0.622. The largest absolute Gasteiger partial charge is 0.309 e. The topological polar surface area (TPSA) is 4.93 Å². The number of benzene rings is 10. The highest BCUT2D eigenvalue weighted by Gasteiger charge is 2.18. The van der Waals surface area contributed by atoms with Gasteiger partial charge in [0.1, 0.15) is 0 Å². The first-order valence-corrected chi connectivity index (χ1v) is 23.3. The summed E-state index contributed by atoms with van der Waals surface area (Å²) in [4.78, 5) is 0. The zero-order chi connectivity index (χ0) is 42.4. The maximum atomic E-state index is 2.48. The van der Waals surface area contributed by atoms with E-state index in [1.807, 2.05) is 11.3 Å². The quantitative estimate of drug-likeness (QED) is 0.129. The van der Waals surface area contributed by atoms with Crippen LogP contribution in [0.4, 0.5) is 0 Å². The van der Waals surface area contributed by atoms with Gasteiger partial charge in [0, 0.05) is 36.3 Å². The number of para-hydroxylation sites is 1. The molecule has 0 aliphatic heterocycles. The van der Waals surface area contributed by atoms with Gasteiger partial charge in [-0.15, -0.1) is 11.3 Å². The van der Waals surface area contributed by atoms with Crippen LogP contribution in [0, 0.1) is 0 Å². The molecule has 2 heteroatoms. The highest BCUT2D eigenvalue weighted by atomic mass is 32.1. The molecule has 0 radical (unpaired) electrons. The minimum atomic E-state index is 0.375. The summed E-state index contributed by atoms with van der Waals surface area (Å²) in [6.45, 7) is 0. The molecule has 1 unspecified atom stereocenters. The number of fused-ring (bicyclic) bond motifs is 7. The Morgan fingerprint density at radius 1 is 0.359 bits per heavy atom. The van der Waals surface area contributed by atoms with Gasteiger partial charge in [0.15, 0.2) is 0 Å². The first-order chi connectivity index (χ1) is 31.7. The smallest absolute Gasteiger partial charge is 0.0541 e. The lowest BCUT2D eigenvalue weighted by atomic mass is 9.86. The number of aryl methyl sites for hydroxylation is 1. The van der Waals surface area contributed by atoms with Crippen LogP contribution >= 0.6 is 11.3 Å². The molecule has 2 aromatic heterocycles. The second kappa shape index (κ2) is 16.3. The van der Waals surface area contributed by atoms with Crippen LogP contribution in [0.15, 0.2) is 231 Å². The van der Waals surface area contributed by atoms with Gasteiger partial charge < -0.3 is 4.57 Å². The van der Waals surface area contributed by atoms with Gasteiger partial charge in [0.2, 0.25) is 0 Å². The molecule has 12 rings (SSSR count). The van der Waals surface area contributed by atoms with Gasteiger partial charge in [0.25, 0.3) is 0 Å². The third kappa shape index (κ3) is 7.07. The van der Waals surface area contributed by atoms with Gasteiger partial charge in [-0.2, -0.15) is 0 Å². The lowest BCUT2D eigenvalue weighted by Gasteiger charge is -2.19. The molecule has 0 bridgehead atoms. The van der Waals surface area contributed by atoms with Crippen molar-refractivity contribution in [3.8, 4) is 39.1 Å². The van der Waals surface area contributed by atoms with E-state index in [2.05, 4.69) is 235 Å². The molecule has 0 N–H and O–H groups in total. The molecular weight excluding hydrogens is 791 g/mol. The zero-order valence-corrected chi connectivity index (χ0v) is 36.3. The fourth-order valence-electron chi connectivity index (χ4n) is 10.0. The van der Waals surface area contributed by atoms with Gasteiger partial charge in [-0.05, 0) is 123 Å². The van der Waals surface area contributed by atoms with Gasteiger partial charge >= 0.3 is 0 Å². The average molecular weight is 836 g/mol. The molecule has 0 saturated heterocycles. The predicted molar refractivity (Wildman–Crippen MR) is 275 cm³/mol. The van der Waals surface area contributed by atoms with Crippen LogP contribution in [-0.2, 0) is 12.8 Å². The zero-order valence-electron chi connectivity index (χ0n) is 35.5. The fourth-order valence-corrected chi connectivity index (χ4v) is 11.1. The van der Waals surface area contributed by atoms with Crippen molar-refractivity contribution < 1.29 is 0 Å². The van der Waals surface area contributed by atoms with Crippen molar-refractivity contribution in [2.75, 3.05) is 0 Å². The number of rotatable bonds is 10. The van der Waals surface area contributed by atoms with E-state index in [0.717, 1.165) is 19.3 Å². The van der Waals surface area contributed by atoms with E-state index in [9.17, 15) is 0 Å². The lowest BCUT2D eigenvalue weighted by Crippen LogP contribution is -2.05. The van der Waals surface area contributed by atoms with Crippen LogP contribution < -0.4 is 0 Å². The van der Waals surface area contributed by atoms with Crippen LogP contribution in [-0.4, -0.2) is 4.57 Å². The summed E-state index contributed by atoms with van der Waals surface area (Å²) >= 11 is 1.89. The molecule has 0 saturated carbocycles. The molecule has 0 spiro atoms. The first-order valence-electron chi connectivity index (χ1n) is 22.5. The van der Waals surface area contributed by atoms with E-state index in [-0.39, 0.29) is 0 Å². The Hall–Kier alpha value is -7.52. The molecule has 304 valence electrons. The summed E-state index contributed by atoms with van der Waals surface area (Å²) in [5.74, 6) is 0.375. The van der Waals surface area contributed by atoms with Crippen LogP contribution in [0.2, 0.25) is 0 Å².